The van der Waals surface area contributed by atoms with Gasteiger partial charge in [-0.1, -0.05) is 6.07 Å². The van der Waals surface area contributed by atoms with Gasteiger partial charge in [-0.15, -0.1) is 0 Å². The molecule has 0 fully saturated rings. The fourth-order valence-electron chi connectivity index (χ4n) is 2.09. The summed E-state index contributed by atoms with van der Waals surface area (Å²) < 4.78 is 23.2. The van der Waals surface area contributed by atoms with E-state index < -0.39 is 29.2 Å². The maximum Gasteiger partial charge on any atom is 0.335 e. The van der Waals surface area contributed by atoms with Gasteiger partial charge in [0.1, 0.15) is 0 Å². The average Bonchev–Trinajstić information content (AvgIpc) is 2.60. The molecule has 0 aromatic heterocycles. The van der Waals surface area contributed by atoms with Gasteiger partial charge in [-0.05, 0) is 84.2 Å². The fraction of sp³-hybridized carbons (Fsp3) is 0.0625. The van der Waals surface area contributed by atoms with Crippen LogP contribution >= 0.6 is 47.8 Å². The minimum atomic E-state index is -3.93. The molecule has 0 saturated heterocycles. The van der Waals surface area contributed by atoms with Gasteiger partial charge in [0.25, 0.3) is 5.91 Å². The van der Waals surface area contributed by atoms with E-state index in [1.54, 1.807) is 0 Å². The number of carbonyl (C=O) groups excluding carboxylic acids is 1. The Morgan fingerprint density at radius 3 is 1.86 bits per heavy atom. The van der Waals surface area contributed by atoms with Crippen LogP contribution in [0.4, 0.5) is 5.69 Å². The van der Waals surface area contributed by atoms with Crippen LogP contribution in [0.5, 0.6) is 0 Å². The summed E-state index contributed by atoms with van der Waals surface area (Å²) in [5, 5.41) is 20.5. The van der Waals surface area contributed by atoms with Crippen molar-refractivity contribution >= 4 is 81.2 Å². The third-order valence-corrected chi connectivity index (χ3v) is 8.72. The van der Waals surface area contributed by atoms with Crippen molar-refractivity contribution < 1.29 is 33.0 Å². The van der Waals surface area contributed by atoms with Gasteiger partial charge in [-0.25, -0.2) is 18.0 Å². The Hall–Kier alpha value is -1.76. The molecule has 0 atom stereocenters. The number of nitrogens with one attached hydrogen (secondary N) is 1. The first kappa shape index (κ1) is 22.5. The number of alkyl halides is 3. The number of hydrogen-bond acceptors (Lipinski definition) is 5. The molecule has 0 saturated carbocycles. The summed E-state index contributed by atoms with van der Waals surface area (Å²) in [6.45, 7) is 0. The molecule has 1 amide bonds. The van der Waals surface area contributed by atoms with Gasteiger partial charge in [-0.3, -0.25) is 4.79 Å². The number of carboxylic acid groups (broad SMARTS) is 2. The first-order valence-electron chi connectivity index (χ1n) is 7.17. The van der Waals surface area contributed by atoms with Crippen LogP contribution < -0.4 is 5.32 Å². The molecule has 0 radical (unpaired) electrons. The summed E-state index contributed by atoms with van der Waals surface area (Å²) in [5.41, 5.74) is -0.745. The van der Waals surface area contributed by atoms with Gasteiger partial charge in [0, 0.05) is 11.3 Å². The summed E-state index contributed by atoms with van der Waals surface area (Å²) in [5.74, 6) is -3.48. The second-order valence-corrected chi connectivity index (χ2v) is 15.8. The molecule has 2 aromatic rings. The maximum atomic E-state index is 12.5. The Labute approximate surface area is 184 Å². The highest BCUT2D eigenvalue weighted by Gasteiger charge is 2.37. The molecular weight excluding hydrogens is 590 g/mol. The van der Waals surface area contributed by atoms with Crippen molar-refractivity contribution in [2.45, 2.75) is 6.37 Å². The zero-order chi connectivity index (χ0) is 21.3. The van der Waals surface area contributed by atoms with Crippen molar-refractivity contribution in [3.8, 4) is 0 Å². The highest BCUT2D eigenvalue weighted by Crippen LogP contribution is 2.43. The average molecular weight is 600 g/mol. The summed E-state index contributed by atoms with van der Waals surface area (Å²) in [4.78, 5) is 34.6. The van der Waals surface area contributed by atoms with E-state index in [0.29, 0.717) is 0 Å². The lowest BCUT2D eigenvalue weighted by molar-refractivity contribution is 0.0696. The second-order valence-electron chi connectivity index (χ2n) is 5.34. The molecule has 8 nitrogen and oxygen atoms in total. The lowest BCUT2D eigenvalue weighted by Crippen LogP contribution is -2.19. The van der Waals surface area contributed by atoms with Crippen molar-refractivity contribution in [3.05, 3.63) is 59.2 Å². The van der Waals surface area contributed by atoms with Crippen LogP contribution in [0.15, 0.2) is 47.4 Å². The first-order valence-corrected chi connectivity index (χ1v) is 11.0. The molecular formula is C16H10Br3NO7S. The largest absolute Gasteiger partial charge is 0.478 e. The molecule has 0 aliphatic carbocycles. The topological polar surface area (TPSA) is 138 Å². The normalized spacial score (nSPS) is 11.7. The third kappa shape index (κ3) is 4.99. The maximum absolute atomic E-state index is 12.5. The minimum absolute atomic E-state index is 0.0320. The Bertz CT molecular complexity index is 1050. The molecule has 0 heterocycles. The summed E-state index contributed by atoms with van der Waals surface area (Å²) >= 11 is 8.79. The number of carboxylic acids is 2. The van der Waals surface area contributed by atoms with Gasteiger partial charge in [0.15, 0.2) is 0 Å². The highest BCUT2D eigenvalue weighted by molar-refractivity contribution is 9.42. The lowest BCUT2D eigenvalue weighted by Gasteiger charge is -2.14. The van der Waals surface area contributed by atoms with Crippen molar-refractivity contribution in [1.82, 2.24) is 0 Å². The van der Waals surface area contributed by atoms with Gasteiger partial charge in [0.2, 0.25) is 11.3 Å². The Balaban J connectivity index is 2.40. The van der Waals surface area contributed by atoms with E-state index in [1.165, 1.54) is 18.2 Å². The van der Waals surface area contributed by atoms with Crippen LogP contribution in [0.1, 0.15) is 31.1 Å². The number of benzene rings is 2. The van der Waals surface area contributed by atoms with Crippen LogP contribution in [0.3, 0.4) is 0 Å². The van der Waals surface area contributed by atoms with Crippen molar-refractivity contribution in [2.24, 2.45) is 0 Å². The summed E-state index contributed by atoms with van der Waals surface area (Å²) in [6, 6.07) is 8.26. The Morgan fingerprint density at radius 2 is 1.39 bits per heavy atom. The first-order chi connectivity index (χ1) is 12.8. The second kappa shape index (κ2) is 8.31. The standard InChI is InChI=1S/C16H10Br3NO7S/c17-16(18,19)28(26,27)12-3-1-2-8(7-12)13(21)20-11-5-9(14(22)23)4-10(6-11)15(24)25/h1-7H,(H,20,21)(H,22,23)(H,24,25). The molecule has 0 aliphatic rings. The van der Waals surface area contributed by atoms with Crippen LogP contribution in [0.2, 0.25) is 0 Å². The van der Waals surface area contributed by atoms with E-state index >= 15 is 0 Å². The van der Waals surface area contributed by atoms with E-state index in [4.69, 9.17) is 10.2 Å². The number of halogens is 3. The fourth-order valence-corrected chi connectivity index (χ4v) is 4.58. The van der Waals surface area contributed by atoms with Crippen LogP contribution in [0.25, 0.3) is 0 Å². The lowest BCUT2D eigenvalue weighted by atomic mass is 10.1. The van der Waals surface area contributed by atoms with Gasteiger partial charge in [-0.2, -0.15) is 0 Å². The predicted molar refractivity (Wildman–Crippen MR) is 111 cm³/mol. The molecule has 0 bridgehead atoms. The molecule has 0 spiro atoms. The van der Waals surface area contributed by atoms with Crippen molar-refractivity contribution in [3.63, 3.8) is 0 Å². The van der Waals surface area contributed by atoms with Crippen LogP contribution in [-0.4, -0.2) is 38.0 Å². The molecule has 2 rings (SSSR count). The zero-order valence-corrected chi connectivity index (χ0v) is 19.1. The van der Waals surface area contributed by atoms with E-state index in [-0.39, 0.29) is 27.3 Å². The predicted octanol–water partition coefficient (Wildman–Crippen LogP) is 3.91. The van der Waals surface area contributed by atoms with E-state index in [9.17, 15) is 22.8 Å². The van der Waals surface area contributed by atoms with E-state index in [0.717, 1.165) is 24.3 Å². The van der Waals surface area contributed by atoms with E-state index in [1.807, 2.05) is 0 Å². The Morgan fingerprint density at radius 1 is 0.857 bits per heavy atom. The van der Waals surface area contributed by atoms with Crippen molar-refractivity contribution in [2.75, 3.05) is 5.32 Å². The smallest absolute Gasteiger partial charge is 0.335 e. The number of sulfone groups is 1. The van der Waals surface area contributed by atoms with Crippen LogP contribution in [0, 0.1) is 0 Å². The molecule has 0 unspecified atom stereocenters. The molecule has 12 heteroatoms. The number of carbonyl (C=O) groups is 3. The zero-order valence-electron chi connectivity index (χ0n) is 13.5. The number of aromatic carboxylic acids is 2. The van der Waals surface area contributed by atoms with E-state index in [2.05, 4.69) is 53.1 Å². The molecule has 0 aliphatic heterocycles. The quantitative estimate of drug-likeness (QED) is 0.443. The van der Waals surface area contributed by atoms with Crippen molar-refractivity contribution in [1.29, 1.82) is 0 Å². The monoisotopic (exact) mass is 597 g/mol. The molecule has 2 aromatic carbocycles. The third-order valence-electron chi connectivity index (χ3n) is 3.40. The van der Waals surface area contributed by atoms with Gasteiger partial charge < -0.3 is 15.5 Å². The molecule has 148 valence electrons. The van der Waals surface area contributed by atoms with Gasteiger partial charge >= 0.3 is 11.9 Å². The minimum Gasteiger partial charge on any atom is -0.478 e. The Kier molecular flexibility index (Phi) is 6.69. The number of anilines is 1. The molecule has 3 N–H and O–H groups in total. The molecule has 28 heavy (non-hydrogen) atoms. The summed E-state index contributed by atoms with van der Waals surface area (Å²) in [7, 11) is -3.93. The SMILES string of the molecule is O=C(O)c1cc(NC(=O)c2cccc(S(=O)(=O)C(Br)(Br)Br)c2)cc(C(=O)O)c1. The number of rotatable bonds is 5. The van der Waals surface area contributed by atoms with Gasteiger partial charge in [0.05, 0.1) is 16.0 Å². The summed E-state index contributed by atoms with van der Waals surface area (Å²) in [6.07, 6.45) is 0. The number of amides is 1. The number of hydrogen-bond donors (Lipinski definition) is 3. The highest BCUT2D eigenvalue weighted by atomic mass is 80.0. The van der Waals surface area contributed by atoms with Crippen LogP contribution in [-0.2, 0) is 9.84 Å².